The Bertz CT molecular complexity index is 600. The molecule has 21 heavy (non-hydrogen) atoms. The van der Waals surface area contributed by atoms with Gasteiger partial charge >= 0.3 is 13.5 Å². The molecule has 0 aliphatic carbocycles. The van der Waals surface area contributed by atoms with Crippen LogP contribution in [0.2, 0.25) is 0 Å². The highest BCUT2D eigenvalue weighted by molar-refractivity contribution is 7.59. The van der Waals surface area contributed by atoms with Crippen molar-refractivity contribution in [3.63, 3.8) is 0 Å². The first-order valence-electron chi connectivity index (χ1n) is 5.77. The summed E-state index contributed by atoms with van der Waals surface area (Å²) in [6.45, 7) is 1.53. The molecule has 0 saturated heterocycles. The van der Waals surface area contributed by atoms with Crippen molar-refractivity contribution in [2.24, 2.45) is 10.3 Å². The third kappa shape index (κ3) is 2.97. The number of rotatable bonds is 5. The molecular weight excluding hydrogens is 321 g/mol. The number of amidine groups is 1. The van der Waals surface area contributed by atoms with E-state index >= 15 is 0 Å². The topological polar surface area (TPSA) is 121 Å². The summed E-state index contributed by atoms with van der Waals surface area (Å²) in [6.07, 6.45) is 3.02. The highest BCUT2D eigenvalue weighted by atomic mass is 35.5. The molecule has 2 heterocycles. The van der Waals surface area contributed by atoms with Crippen molar-refractivity contribution >= 4 is 31.1 Å². The van der Waals surface area contributed by atoms with Gasteiger partial charge in [0.25, 0.3) is 0 Å². The number of hydrogen-bond donors (Lipinski definition) is 2. The van der Waals surface area contributed by atoms with Crippen LogP contribution in [0, 0.1) is 4.91 Å². The summed E-state index contributed by atoms with van der Waals surface area (Å²) in [5.41, 5.74) is 2.57. The van der Waals surface area contributed by atoms with E-state index in [-0.39, 0.29) is 17.9 Å². The lowest BCUT2D eigenvalue weighted by molar-refractivity contribution is 0.394. The molecule has 0 saturated carbocycles. The van der Waals surface area contributed by atoms with Gasteiger partial charge in [-0.2, -0.15) is 5.01 Å². The maximum Gasteiger partial charge on any atom is 0.364 e. The molecule has 2 atom stereocenters. The van der Waals surface area contributed by atoms with Gasteiger partial charge in [0.2, 0.25) is 5.95 Å². The van der Waals surface area contributed by atoms with Crippen LogP contribution in [0.3, 0.4) is 0 Å². The minimum absolute atomic E-state index is 0.0925. The summed E-state index contributed by atoms with van der Waals surface area (Å²) in [6, 6.07) is 1.45. The summed E-state index contributed by atoms with van der Waals surface area (Å²) >= 11 is 5.84. The first-order chi connectivity index (χ1) is 9.94. The molecule has 2 rings (SSSR count). The van der Waals surface area contributed by atoms with Crippen molar-refractivity contribution < 1.29 is 9.09 Å². The Morgan fingerprint density at radius 3 is 2.76 bits per heavy atom. The number of hydrazine groups is 1. The Hall–Kier alpha value is -1.77. The van der Waals surface area contributed by atoms with Crippen LogP contribution in [0.5, 0.6) is 0 Å². The second kappa shape index (κ2) is 5.92. The van der Waals surface area contributed by atoms with Crippen LogP contribution in [0.25, 0.3) is 0 Å². The van der Waals surface area contributed by atoms with E-state index in [0.29, 0.717) is 0 Å². The molecule has 0 spiro atoms. The predicted octanol–water partition coefficient (Wildman–Crippen LogP) is 1.54. The molecule has 0 radical (unpaired) electrons. The maximum absolute atomic E-state index is 12.9. The number of aromatic nitrogens is 2. The standard InChI is InChI=1S/C9H13ClN7O3P/c1-9(6-10)13-8(17(2)16-18)20-21(9,19)15-14-7-11-4-3-5-12-7/h3-5H,6H2,1-2H3,(H,15,19)(H,11,12,14)/t9-,21-/m1/s1. The Morgan fingerprint density at radius 2 is 2.19 bits per heavy atom. The van der Waals surface area contributed by atoms with E-state index in [4.69, 9.17) is 16.1 Å². The van der Waals surface area contributed by atoms with Crippen LogP contribution in [-0.2, 0) is 9.09 Å². The van der Waals surface area contributed by atoms with Crippen LogP contribution < -0.4 is 10.6 Å². The van der Waals surface area contributed by atoms with E-state index < -0.39 is 12.8 Å². The number of nitrogens with one attached hydrogen (secondary N) is 2. The van der Waals surface area contributed by atoms with Gasteiger partial charge in [-0.3, -0.25) is 9.99 Å². The number of nitrogens with zero attached hydrogens (tertiary/aromatic N) is 5. The number of alkyl halides is 1. The Balaban J connectivity index is 2.18. The van der Waals surface area contributed by atoms with E-state index in [9.17, 15) is 9.47 Å². The Morgan fingerprint density at radius 1 is 1.52 bits per heavy atom. The molecule has 0 bridgehead atoms. The van der Waals surface area contributed by atoms with Gasteiger partial charge in [-0.15, -0.1) is 21.7 Å². The van der Waals surface area contributed by atoms with E-state index in [1.807, 2.05) is 0 Å². The fourth-order valence-electron chi connectivity index (χ4n) is 1.41. The fourth-order valence-corrected chi connectivity index (χ4v) is 3.44. The number of anilines is 1. The zero-order chi connectivity index (χ0) is 15.5. The summed E-state index contributed by atoms with van der Waals surface area (Å²) in [5.74, 6) is 0.105. The van der Waals surface area contributed by atoms with Crippen LogP contribution in [0.1, 0.15) is 6.92 Å². The van der Waals surface area contributed by atoms with E-state index in [2.05, 4.69) is 30.9 Å². The van der Waals surface area contributed by atoms with Crippen LogP contribution >= 0.6 is 19.1 Å². The smallest absolute Gasteiger partial charge is 0.364 e. The van der Waals surface area contributed by atoms with Crippen LogP contribution in [-0.4, -0.2) is 39.2 Å². The van der Waals surface area contributed by atoms with Gasteiger partial charge in [0, 0.05) is 19.4 Å². The summed E-state index contributed by atoms with van der Waals surface area (Å²) in [7, 11) is -2.27. The van der Waals surface area contributed by atoms with Gasteiger partial charge in [-0.05, 0) is 13.0 Å². The predicted molar refractivity (Wildman–Crippen MR) is 77.6 cm³/mol. The maximum atomic E-state index is 12.9. The van der Waals surface area contributed by atoms with Crippen molar-refractivity contribution in [2.75, 3.05) is 18.4 Å². The molecule has 2 N–H and O–H groups in total. The van der Waals surface area contributed by atoms with Gasteiger partial charge < -0.3 is 4.52 Å². The molecule has 10 nitrogen and oxygen atoms in total. The van der Waals surface area contributed by atoms with Crippen LogP contribution in [0.15, 0.2) is 28.7 Å². The van der Waals surface area contributed by atoms with Gasteiger partial charge in [-0.1, -0.05) is 0 Å². The molecular formula is C9H13ClN7O3P. The summed E-state index contributed by atoms with van der Waals surface area (Å²) in [4.78, 5) is 22.4. The minimum Gasteiger partial charge on any atom is -0.396 e. The average Bonchev–Trinajstić information content (AvgIpc) is 2.78. The third-order valence-electron chi connectivity index (χ3n) is 2.71. The lowest BCUT2D eigenvalue weighted by atomic mass is 10.4. The van der Waals surface area contributed by atoms with Crippen molar-refractivity contribution in [1.82, 2.24) is 20.2 Å². The second-order valence-corrected chi connectivity index (χ2v) is 7.04. The van der Waals surface area contributed by atoms with Crippen LogP contribution in [0.4, 0.5) is 5.95 Å². The van der Waals surface area contributed by atoms with Gasteiger partial charge in [0.1, 0.15) is 0 Å². The molecule has 0 aromatic carbocycles. The van der Waals surface area contributed by atoms with Crippen molar-refractivity contribution in [2.45, 2.75) is 12.2 Å². The molecule has 114 valence electrons. The number of aliphatic imine (C=N–C) groups is 1. The molecule has 1 aliphatic heterocycles. The highest BCUT2D eigenvalue weighted by Gasteiger charge is 2.54. The number of hydrogen-bond acceptors (Lipinski definition) is 8. The molecule has 0 unspecified atom stereocenters. The van der Waals surface area contributed by atoms with Gasteiger partial charge in [0.15, 0.2) is 5.28 Å². The van der Waals surface area contributed by atoms with E-state index in [1.165, 1.54) is 26.4 Å². The highest BCUT2D eigenvalue weighted by Crippen LogP contribution is 2.60. The zero-order valence-corrected chi connectivity index (χ0v) is 12.9. The van der Waals surface area contributed by atoms with Crippen molar-refractivity contribution in [1.29, 1.82) is 0 Å². The van der Waals surface area contributed by atoms with E-state index in [1.54, 1.807) is 6.07 Å². The summed E-state index contributed by atoms with van der Waals surface area (Å²) in [5, 5.41) is 4.72. The molecule has 1 aromatic rings. The molecule has 1 aliphatic rings. The zero-order valence-electron chi connectivity index (χ0n) is 11.2. The summed E-state index contributed by atoms with van der Waals surface area (Å²) < 4.78 is 18.1. The molecule has 12 heteroatoms. The monoisotopic (exact) mass is 333 g/mol. The normalized spacial score (nSPS) is 27.7. The lowest BCUT2D eigenvalue weighted by Gasteiger charge is -2.25. The van der Waals surface area contributed by atoms with Gasteiger partial charge in [-0.25, -0.2) is 15.0 Å². The first-order valence-corrected chi connectivity index (χ1v) is 7.93. The van der Waals surface area contributed by atoms with E-state index in [0.717, 1.165) is 5.01 Å². The molecule has 0 fully saturated rings. The largest absolute Gasteiger partial charge is 0.396 e. The van der Waals surface area contributed by atoms with Crippen molar-refractivity contribution in [3.05, 3.63) is 23.4 Å². The minimum atomic E-state index is -3.60. The second-order valence-electron chi connectivity index (χ2n) is 4.30. The fraction of sp³-hybridized carbons (Fsp3) is 0.444. The number of halogens is 1. The molecule has 0 amide bonds. The van der Waals surface area contributed by atoms with Gasteiger partial charge in [0.05, 0.1) is 11.2 Å². The Labute approximate surface area is 125 Å². The average molecular weight is 334 g/mol. The number of nitroso groups, excluding NO2 is 1. The quantitative estimate of drug-likeness (QED) is 0.360. The lowest BCUT2D eigenvalue weighted by Crippen LogP contribution is -2.32. The first kappa shape index (κ1) is 15.6. The SMILES string of the molecule is CN(N=O)C1=N[C@@](C)(CCl)[P@](=O)(NNc2ncccn2)O1. The third-order valence-corrected chi connectivity index (χ3v) is 5.77. The molecule has 1 aromatic heterocycles. The van der Waals surface area contributed by atoms with Crippen molar-refractivity contribution in [3.8, 4) is 0 Å². The Kier molecular flexibility index (Phi) is 4.40.